The van der Waals surface area contributed by atoms with Crippen molar-refractivity contribution in [3.05, 3.63) is 101 Å². The highest BCUT2D eigenvalue weighted by Crippen LogP contribution is 2.37. The molecule has 6 heteroatoms. The zero-order chi connectivity index (χ0) is 28.0. The Balaban J connectivity index is 1.66. The Kier molecular flexibility index (Phi) is 8.85. The third-order valence-electron chi connectivity index (χ3n) is 6.59. The maximum atomic E-state index is 13.4. The molecule has 0 spiro atoms. The minimum Gasteiger partial charge on any atom is -0.444 e. The Morgan fingerprint density at radius 2 is 1.46 bits per heavy atom. The molecule has 1 amide bonds. The Labute approximate surface area is 230 Å². The second kappa shape index (κ2) is 12.3. The minimum atomic E-state index is -0.512. The maximum absolute atomic E-state index is 13.4. The summed E-state index contributed by atoms with van der Waals surface area (Å²) in [5.41, 5.74) is 5.73. The predicted molar refractivity (Wildman–Crippen MR) is 152 cm³/mol. The second-order valence-electron chi connectivity index (χ2n) is 10.8. The number of amides is 1. The van der Waals surface area contributed by atoms with Crippen LogP contribution in [-0.2, 0) is 9.53 Å². The van der Waals surface area contributed by atoms with Gasteiger partial charge in [-0.05, 0) is 79.1 Å². The van der Waals surface area contributed by atoms with E-state index >= 15 is 0 Å². The molecule has 1 saturated heterocycles. The van der Waals surface area contributed by atoms with Crippen LogP contribution >= 0.6 is 0 Å². The molecule has 5 nitrogen and oxygen atoms in total. The van der Waals surface area contributed by atoms with Gasteiger partial charge in [0.25, 0.3) is 0 Å². The van der Waals surface area contributed by atoms with Crippen LogP contribution < -0.4 is 4.74 Å². The fourth-order valence-electron chi connectivity index (χ4n) is 4.75. The molecule has 0 N–H and O–H groups in total. The first-order chi connectivity index (χ1) is 18.6. The molecule has 0 unspecified atom stereocenters. The number of hydrogen-bond donors (Lipinski definition) is 0. The number of esters is 1. The summed E-state index contributed by atoms with van der Waals surface area (Å²) in [6, 6.07) is 25.9. The molecule has 3 aromatic rings. The zero-order valence-electron chi connectivity index (χ0n) is 23.1. The highest BCUT2D eigenvalue weighted by molar-refractivity contribution is 5.98. The number of halogens is 1. The van der Waals surface area contributed by atoms with E-state index in [1.54, 1.807) is 17.0 Å². The summed E-state index contributed by atoms with van der Waals surface area (Å²) in [7, 11) is 0. The van der Waals surface area contributed by atoms with Crippen molar-refractivity contribution in [3.8, 4) is 5.75 Å². The molecule has 4 rings (SSSR count). The van der Waals surface area contributed by atoms with Crippen molar-refractivity contribution >= 4 is 23.2 Å². The van der Waals surface area contributed by atoms with Crippen LogP contribution in [0.1, 0.15) is 68.7 Å². The van der Waals surface area contributed by atoms with Crippen molar-refractivity contribution in [2.24, 2.45) is 0 Å². The van der Waals surface area contributed by atoms with Gasteiger partial charge in [-0.25, -0.2) is 4.79 Å². The predicted octanol–water partition coefficient (Wildman–Crippen LogP) is 7.66. The summed E-state index contributed by atoms with van der Waals surface area (Å²) < 4.78 is 24.1. The van der Waals surface area contributed by atoms with E-state index in [-0.39, 0.29) is 18.0 Å². The van der Waals surface area contributed by atoms with Crippen LogP contribution in [0, 0.1) is 0 Å². The number of nitrogens with zero attached hydrogens (tertiary/aromatic N) is 1. The normalized spacial score (nSPS) is 14.3. The molecule has 0 radical (unpaired) electrons. The van der Waals surface area contributed by atoms with E-state index in [4.69, 9.17) is 9.47 Å². The third kappa shape index (κ3) is 7.34. The van der Waals surface area contributed by atoms with E-state index in [2.05, 4.69) is 36.4 Å². The van der Waals surface area contributed by atoms with E-state index < -0.39 is 12.3 Å². The first-order valence-corrected chi connectivity index (χ1v) is 13.4. The Bertz CT molecular complexity index is 1300. The maximum Gasteiger partial charge on any atom is 0.410 e. The van der Waals surface area contributed by atoms with Crippen molar-refractivity contribution in [1.29, 1.82) is 0 Å². The van der Waals surface area contributed by atoms with E-state index in [9.17, 15) is 14.0 Å². The lowest BCUT2D eigenvalue weighted by atomic mass is 9.85. The van der Waals surface area contributed by atoms with E-state index in [0.717, 1.165) is 33.4 Å². The lowest BCUT2D eigenvalue weighted by molar-refractivity contribution is -0.131. The van der Waals surface area contributed by atoms with Crippen molar-refractivity contribution < 1.29 is 23.5 Å². The Morgan fingerprint density at radius 3 is 2.00 bits per heavy atom. The van der Waals surface area contributed by atoms with E-state index in [1.165, 1.54) is 6.92 Å². The van der Waals surface area contributed by atoms with Gasteiger partial charge in [-0.2, -0.15) is 0 Å². The minimum absolute atomic E-state index is 0.252. The van der Waals surface area contributed by atoms with Gasteiger partial charge in [0, 0.05) is 25.9 Å². The molecule has 0 aromatic heterocycles. The van der Waals surface area contributed by atoms with Crippen molar-refractivity contribution in [3.63, 3.8) is 0 Å². The number of hydrogen-bond acceptors (Lipinski definition) is 4. The molecule has 1 heterocycles. The third-order valence-corrected chi connectivity index (χ3v) is 6.59. The lowest BCUT2D eigenvalue weighted by Crippen LogP contribution is -2.50. The summed E-state index contributed by atoms with van der Waals surface area (Å²) in [6.45, 7) is 7.83. The van der Waals surface area contributed by atoms with Crippen LogP contribution in [0.3, 0.4) is 0 Å². The van der Waals surface area contributed by atoms with Crippen LogP contribution in [0.25, 0.3) is 11.1 Å². The number of likely N-dealkylation sites (tertiary alicyclic amines) is 1. The smallest absolute Gasteiger partial charge is 0.410 e. The number of allylic oxidation sites excluding steroid dienone is 1. The van der Waals surface area contributed by atoms with Gasteiger partial charge in [0.05, 0.1) is 6.67 Å². The van der Waals surface area contributed by atoms with E-state index in [0.29, 0.717) is 31.7 Å². The molecular formula is C33H36FNO4. The van der Waals surface area contributed by atoms with Gasteiger partial charge in [0.15, 0.2) is 0 Å². The van der Waals surface area contributed by atoms with Gasteiger partial charge >= 0.3 is 12.1 Å². The zero-order valence-corrected chi connectivity index (χ0v) is 23.1. The monoisotopic (exact) mass is 529 g/mol. The first-order valence-electron chi connectivity index (χ1n) is 13.4. The van der Waals surface area contributed by atoms with Crippen LogP contribution in [-0.4, -0.2) is 42.3 Å². The van der Waals surface area contributed by atoms with Crippen molar-refractivity contribution in [2.75, 3.05) is 19.8 Å². The number of rotatable bonds is 8. The average molecular weight is 530 g/mol. The topological polar surface area (TPSA) is 55.8 Å². The number of benzene rings is 3. The van der Waals surface area contributed by atoms with Gasteiger partial charge in [-0.1, -0.05) is 66.7 Å². The van der Waals surface area contributed by atoms with Gasteiger partial charge in [0.1, 0.15) is 11.4 Å². The van der Waals surface area contributed by atoms with Crippen LogP contribution in [0.15, 0.2) is 78.9 Å². The molecular weight excluding hydrogens is 493 g/mol. The van der Waals surface area contributed by atoms with Gasteiger partial charge in [-0.3, -0.25) is 9.18 Å². The number of ether oxygens (including phenoxy) is 2. The number of carbonyl (C=O) groups is 2. The summed E-state index contributed by atoms with van der Waals surface area (Å²) in [4.78, 5) is 25.5. The molecule has 1 fully saturated rings. The number of carbonyl (C=O) groups excluding carboxylic acids is 2. The molecule has 1 aliphatic rings. The van der Waals surface area contributed by atoms with Gasteiger partial charge in [0.2, 0.25) is 0 Å². The molecule has 0 atom stereocenters. The van der Waals surface area contributed by atoms with Gasteiger partial charge in [-0.15, -0.1) is 0 Å². The first kappa shape index (κ1) is 28.1. The summed E-state index contributed by atoms with van der Waals surface area (Å²) in [5.74, 6) is 0.357. The fourth-order valence-corrected chi connectivity index (χ4v) is 4.75. The summed E-state index contributed by atoms with van der Waals surface area (Å²) >= 11 is 0. The van der Waals surface area contributed by atoms with Crippen LogP contribution in [0.5, 0.6) is 5.75 Å². The SMILES string of the molecule is CC(=O)Oc1ccc(/C(=C(\CCCF)c2ccccc2)c2ccc(C3CN(C(=O)OC(C)(C)C)C3)cc2)cc1. The Hall–Kier alpha value is -3.93. The second-order valence-corrected chi connectivity index (χ2v) is 10.8. The average Bonchev–Trinajstić information content (AvgIpc) is 2.86. The molecule has 1 aliphatic heterocycles. The lowest BCUT2D eigenvalue weighted by Gasteiger charge is -2.40. The molecule has 3 aromatic carbocycles. The van der Waals surface area contributed by atoms with Crippen LogP contribution in [0.4, 0.5) is 9.18 Å². The molecule has 0 aliphatic carbocycles. The van der Waals surface area contributed by atoms with Crippen molar-refractivity contribution in [2.45, 2.75) is 52.1 Å². The number of alkyl halides is 1. The molecule has 39 heavy (non-hydrogen) atoms. The Morgan fingerprint density at radius 1 is 0.872 bits per heavy atom. The summed E-state index contributed by atoms with van der Waals surface area (Å²) in [5, 5.41) is 0. The molecule has 0 bridgehead atoms. The highest BCUT2D eigenvalue weighted by Gasteiger charge is 2.34. The van der Waals surface area contributed by atoms with Crippen LogP contribution in [0.2, 0.25) is 0 Å². The summed E-state index contributed by atoms with van der Waals surface area (Å²) in [6.07, 6.45) is 0.717. The molecule has 204 valence electrons. The standard InChI is InChI=1S/C33H36FNO4/c1-23(36)38-29-18-16-27(17-19-29)31(30(11-8-20-34)25-9-6-5-7-10-25)26-14-12-24(13-15-26)28-21-35(22-28)32(37)39-33(2,3)4/h5-7,9-10,12-19,28H,8,11,20-22H2,1-4H3/b31-30+. The van der Waals surface area contributed by atoms with E-state index in [1.807, 2.05) is 51.1 Å². The quantitative estimate of drug-likeness (QED) is 0.171. The fraction of sp³-hybridized carbons (Fsp3) is 0.333. The highest BCUT2D eigenvalue weighted by atomic mass is 19.1. The molecule has 0 saturated carbocycles. The largest absolute Gasteiger partial charge is 0.444 e. The van der Waals surface area contributed by atoms with Crippen molar-refractivity contribution in [1.82, 2.24) is 4.90 Å². The van der Waals surface area contributed by atoms with Gasteiger partial charge < -0.3 is 14.4 Å².